The van der Waals surface area contributed by atoms with Crippen molar-refractivity contribution in [2.45, 2.75) is 33.2 Å². The van der Waals surface area contributed by atoms with Crippen molar-refractivity contribution in [3.63, 3.8) is 0 Å². The Labute approximate surface area is 222 Å². The molecule has 0 aliphatic carbocycles. The summed E-state index contributed by atoms with van der Waals surface area (Å²) < 4.78 is 16.2. The van der Waals surface area contributed by atoms with E-state index < -0.39 is 24.5 Å². The lowest BCUT2D eigenvalue weighted by Crippen LogP contribution is -2.31. The summed E-state index contributed by atoms with van der Waals surface area (Å²) in [6.45, 7) is 4.50. The Morgan fingerprint density at radius 2 is 1.89 bits per heavy atom. The molecule has 2 amide bonds. The minimum atomic E-state index is -0.678. The zero-order chi connectivity index (χ0) is 26.7. The van der Waals surface area contributed by atoms with Gasteiger partial charge in [0, 0.05) is 18.2 Å². The van der Waals surface area contributed by atoms with Crippen molar-refractivity contribution in [2.24, 2.45) is 5.10 Å². The Morgan fingerprint density at radius 1 is 1.14 bits per heavy atom. The Morgan fingerprint density at radius 3 is 2.54 bits per heavy atom. The van der Waals surface area contributed by atoms with Crippen LogP contribution in [0.15, 0.2) is 40.8 Å². The summed E-state index contributed by atoms with van der Waals surface area (Å²) >= 11 is 2.83. The first-order chi connectivity index (χ1) is 17.7. The van der Waals surface area contributed by atoms with Crippen molar-refractivity contribution in [2.75, 3.05) is 26.1 Å². The number of hydrogen-bond donors (Lipinski definition) is 1. The van der Waals surface area contributed by atoms with Crippen LogP contribution in [0, 0.1) is 13.8 Å². The first kappa shape index (κ1) is 26.4. The molecule has 3 heterocycles. The number of nitrogens with one attached hydrogen (secondary N) is 1. The molecule has 9 nitrogen and oxygen atoms in total. The van der Waals surface area contributed by atoms with Gasteiger partial charge in [0.25, 0.3) is 5.91 Å². The van der Waals surface area contributed by atoms with E-state index in [2.05, 4.69) is 10.4 Å². The molecule has 1 N–H and O–H groups in total. The van der Waals surface area contributed by atoms with Crippen molar-refractivity contribution in [1.82, 2.24) is 5.01 Å². The molecule has 11 heteroatoms. The van der Waals surface area contributed by atoms with Crippen molar-refractivity contribution in [1.29, 1.82) is 0 Å². The third-order valence-corrected chi connectivity index (χ3v) is 8.01. The molecule has 2 aromatic heterocycles. The van der Waals surface area contributed by atoms with Crippen LogP contribution in [0.5, 0.6) is 11.5 Å². The Balaban J connectivity index is 1.57. The maximum absolute atomic E-state index is 13.3. The minimum Gasteiger partial charge on any atom is -0.493 e. The van der Waals surface area contributed by atoms with Crippen molar-refractivity contribution < 1.29 is 28.6 Å². The number of aryl methyl sites for hydroxylation is 1. The highest BCUT2D eigenvalue weighted by Gasteiger charge is 2.35. The van der Waals surface area contributed by atoms with Crippen molar-refractivity contribution >= 4 is 51.2 Å². The van der Waals surface area contributed by atoms with Crippen LogP contribution < -0.4 is 14.8 Å². The maximum atomic E-state index is 13.3. The van der Waals surface area contributed by atoms with E-state index in [1.54, 1.807) is 27.2 Å². The second kappa shape index (κ2) is 11.1. The quantitative estimate of drug-likeness (QED) is 0.405. The number of rotatable bonds is 8. The average Bonchev–Trinajstić information content (AvgIpc) is 3.61. The van der Waals surface area contributed by atoms with Crippen LogP contribution >= 0.6 is 22.7 Å². The van der Waals surface area contributed by atoms with Gasteiger partial charge in [-0.05, 0) is 48.6 Å². The predicted octanol–water partition coefficient (Wildman–Crippen LogP) is 4.94. The Kier molecular flexibility index (Phi) is 7.94. The monoisotopic (exact) mass is 541 g/mol. The van der Waals surface area contributed by atoms with Crippen LogP contribution in [0.1, 0.15) is 50.6 Å². The van der Waals surface area contributed by atoms with Gasteiger partial charge < -0.3 is 19.5 Å². The molecule has 0 spiro atoms. The molecule has 0 unspecified atom stereocenters. The molecule has 4 rings (SSSR count). The second-order valence-electron chi connectivity index (χ2n) is 8.34. The number of nitrogens with zero attached hydrogens (tertiary/aromatic N) is 2. The number of anilines is 1. The van der Waals surface area contributed by atoms with E-state index in [4.69, 9.17) is 14.2 Å². The van der Waals surface area contributed by atoms with Crippen LogP contribution in [0.25, 0.3) is 0 Å². The van der Waals surface area contributed by atoms with E-state index in [1.807, 2.05) is 36.6 Å². The van der Waals surface area contributed by atoms with Crippen molar-refractivity contribution in [3.8, 4) is 11.5 Å². The summed E-state index contributed by atoms with van der Waals surface area (Å²) in [6.07, 6.45) is 0.491. The molecule has 37 heavy (non-hydrogen) atoms. The standard InChI is InChI=1S/C26H27N3O6S2/c1-14-15(2)37-25(27-16(3)30)24(14)26(32)35-13-23(31)29-19(12-18(28-29)22-7-6-10-36-22)17-8-9-20(33-4)21(11-17)34-5/h6-11,19H,12-13H2,1-5H3,(H,27,30)/t19-/m0/s1. The van der Waals surface area contributed by atoms with Crippen LogP contribution in [0.4, 0.5) is 5.00 Å². The third kappa shape index (κ3) is 5.52. The smallest absolute Gasteiger partial charge is 0.341 e. The first-order valence-electron chi connectivity index (χ1n) is 11.4. The maximum Gasteiger partial charge on any atom is 0.341 e. The molecule has 0 fully saturated rings. The third-order valence-electron chi connectivity index (χ3n) is 5.97. The fourth-order valence-electron chi connectivity index (χ4n) is 4.04. The fraction of sp³-hybridized carbons (Fsp3) is 0.308. The molecule has 0 saturated heterocycles. The molecule has 1 atom stereocenters. The first-order valence-corrected chi connectivity index (χ1v) is 13.1. The molecule has 0 bridgehead atoms. The second-order valence-corrected chi connectivity index (χ2v) is 10.5. The molecule has 0 saturated carbocycles. The van der Waals surface area contributed by atoms with Gasteiger partial charge in [0.05, 0.1) is 36.4 Å². The molecule has 1 aromatic carbocycles. The van der Waals surface area contributed by atoms with Gasteiger partial charge in [-0.15, -0.1) is 22.7 Å². The van der Waals surface area contributed by atoms with Crippen molar-refractivity contribution in [3.05, 3.63) is 62.2 Å². The zero-order valence-electron chi connectivity index (χ0n) is 21.1. The van der Waals surface area contributed by atoms with Crippen LogP contribution in [0.3, 0.4) is 0 Å². The van der Waals surface area contributed by atoms with Gasteiger partial charge in [-0.2, -0.15) is 5.10 Å². The van der Waals surface area contributed by atoms with E-state index in [0.29, 0.717) is 28.5 Å². The zero-order valence-corrected chi connectivity index (χ0v) is 22.7. The average molecular weight is 542 g/mol. The number of esters is 1. The molecule has 0 radical (unpaired) electrons. The van der Waals surface area contributed by atoms with E-state index in [0.717, 1.165) is 21.0 Å². The predicted molar refractivity (Wildman–Crippen MR) is 143 cm³/mol. The van der Waals surface area contributed by atoms with Gasteiger partial charge in [-0.1, -0.05) is 12.1 Å². The SMILES string of the molecule is COc1ccc([C@@H]2CC(c3cccs3)=NN2C(=O)COC(=O)c2c(NC(C)=O)sc(C)c2C)cc1OC. The molecule has 3 aromatic rings. The number of ether oxygens (including phenoxy) is 3. The molecule has 1 aliphatic heterocycles. The highest BCUT2D eigenvalue weighted by Crippen LogP contribution is 2.38. The highest BCUT2D eigenvalue weighted by molar-refractivity contribution is 7.16. The van der Waals surface area contributed by atoms with Crippen LogP contribution in [-0.4, -0.2) is 49.3 Å². The Bertz CT molecular complexity index is 1360. The Hall–Kier alpha value is -3.70. The number of amides is 2. The van der Waals surface area contributed by atoms with Crippen LogP contribution in [-0.2, 0) is 14.3 Å². The van der Waals surface area contributed by atoms with E-state index in [9.17, 15) is 14.4 Å². The van der Waals surface area contributed by atoms with E-state index >= 15 is 0 Å². The number of methoxy groups -OCH3 is 2. The van der Waals surface area contributed by atoms with Gasteiger partial charge in [0.15, 0.2) is 18.1 Å². The summed E-state index contributed by atoms with van der Waals surface area (Å²) in [5.41, 5.74) is 2.54. The van der Waals surface area contributed by atoms with Gasteiger partial charge in [0.2, 0.25) is 5.91 Å². The molecule has 194 valence electrons. The molecular formula is C26H27N3O6S2. The lowest BCUT2D eigenvalue weighted by Gasteiger charge is -2.23. The van der Waals surface area contributed by atoms with Crippen LogP contribution in [0.2, 0.25) is 0 Å². The number of benzene rings is 1. The summed E-state index contributed by atoms with van der Waals surface area (Å²) in [5, 5.41) is 11.0. The van der Waals surface area contributed by atoms with E-state index in [1.165, 1.54) is 34.6 Å². The summed E-state index contributed by atoms with van der Waals surface area (Å²) in [4.78, 5) is 39.7. The minimum absolute atomic E-state index is 0.256. The van der Waals surface area contributed by atoms with E-state index in [-0.39, 0.29) is 11.5 Å². The fourth-order valence-corrected chi connectivity index (χ4v) is 5.85. The lowest BCUT2D eigenvalue weighted by atomic mass is 10.0. The van der Waals surface area contributed by atoms with Gasteiger partial charge in [0.1, 0.15) is 5.00 Å². The largest absolute Gasteiger partial charge is 0.493 e. The number of carbonyl (C=O) groups excluding carboxylic acids is 3. The number of thiophene rings is 2. The molecular weight excluding hydrogens is 514 g/mol. The van der Waals surface area contributed by atoms with Gasteiger partial charge >= 0.3 is 5.97 Å². The normalized spacial score (nSPS) is 14.8. The summed E-state index contributed by atoms with van der Waals surface area (Å²) in [6, 6.07) is 8.93. The number of hydrogen-bond acceptors (Lipinski definition) is 9. The number of carbonyl (C=O) groups is 3. The highest BCUT2D eigenvalue weighted by atomic mass is 32.1. The lowest BCUT2D eigenvalue weighted by molar-refractivity contribution is -0.136. The van der Waals surface area contributed by atoms with Gasteiger partial charge in [-0.25, -0.2) is 9.80 Å². The number of hydrazone groups is 1. The topological polar surface area (TPSA) is 107 Å². The van der Waals surface area contributed by atoms with Gasteiger partial charge in [-0.3, -0.25) is 9.59 Å². The summed E-state index contributed by atoms with van der Waals surface area (Å²) in [7, 11) is 3.11. The molecule has 1 aliphatic rings. The summed E-state index contributed by atoms with van der Waals surface area (Å²) in [5.74, 6) is -0.325.